The summed E-state index contributed by atoms with van der Waals surface area (Å²) in [5.74, 6) is 1.80. The van der Waals surface area contributed by atoms with Crippen LogP contribution in [0.1, 0.15) is 11.3 Å². The minimum Gasteiger partial charge on any atom is -0.455 e. The van der Waals surface area contributed by atoms with Gasteiger partial charge in [-0.15, -0.1) is 11.6 Å². The van der Waals surface area contributed by atoms with Gasteiger partial charge in [0, 0.05) is 29.7 Å². The molecule has 0 radical (unpaired) electrons. The Hall–Kier alpha value is -1.61. The SMILES string of the molecule is Cc1cc(Oc2cccnc2)c(CCl)cn1. The van der Waals surface area contributed by atoms with Crippen molar-refractivity contribution in [3.8, 4) is 11.5 Å². The minimum atomic E-state index is 0.378. The maximum Gasteiger partial charge on any atom is 0.145 e. The number of aromatic nitrogens is 2. The van der Waals surface area contributed by atoms with Crippen molar-refractivity contribution in [1.29, 1.82) is 0 Å². The highest BCUT2D eigenvalue weighted by Gasteiger charge is 2.05. The van der Waals surface area contributed by atoms with E-state index >= 15 is 0 Å². The van der Waals surface area contributed by atoms with Crippen molar-refractivity contribution in [3.63, 3.8) is 0 Å². The van der Waals surface area contributed by atoms with E-state index in [-0.39, 0.29) is 0 Å². The van der Waals surface area contributed by atoms with Gasteiger partial charge in [-0.2, -0.15) is 0 Å². The standard InChI is InChI=1S/C12H11ClN2O/c1-9-5-12(10(6-13)7-15-9)16-11-3-2-4-14-8-11/h2-5,7-8H,6H2,1H3. The monoisotopic (exact) mass is 234 g/mol. The third-order valence-corrected chi connectivity index (χ3v) is 2.37. The van der Waals surface area contributed by atoms with Crippen molar-refractivity contribution < 1.29 is 4.74 Å². The number of ether oxygens (including phenoxy) is 1. The zero-order valence-electron chi connectivity index (χ0n) is 8.85. The quantitative estimate of drug-likeness (QED) is 0.765. The van der Waals surface area contributed by atoms with Crippen LogP contribution in [-0.4, -0.2) is 9.97 Å². The molecule has 0 aliphatic carbocycles. The summed E-state index contributed by atoms with van der Waals surface area (Å²) in [5.41, 5.74) is 1.77. The normalized spacial score (nSPS) is 10.1. The summed E-state index contributed by atoms with van der Waals surface area (Å²) in [4.78, 5) is 8.16. The van der Waals surface area contributed by atoms with E-state index < -0.39 is 0 Å². The van der Waals surface area contributed by atoms with Crippen LogP contribution in [0, 0.1) is 6.92 Å². The summed E-state index contributed by atoms with van der Waals surface area (Å²) in [5, 5.41) is 0. The number of hydrogen-bond acceptors (Lipinski definition) is 3. The second kappa shape index (κ2) is 4.94. The summed E-state index contributed by atoms with van der Waals surface area (Å²) in [6.45, 7) is 1.91. The molecule has 4 heteroatoms. The van der Waals surface area contributed by atoms with Crippen LogP contribution in [0.5, 0.6) is 11.5 Å². The zero-order valence-corrected chi connectivity index (χ0v) is 9.61. The van der Waals surface area contributed by atoms with Gasteiger partial charge in [-0.25, -0.2) is 0 Å². The lowest BCUT2D eigenvalue weighted by Crippen LogP contribution is -1.93. The van der Waals surface area contributed by atoms with Gasteiger partial charge >= 0.3 is 0 Å². The number of pyridine rings is 2. The molecule has 0 spiro atoms. The average Bonchev–Trinajstić information content (AvgIpc) is 2.31. The second-order valence-electron chi connectivity index (χ2n) is 3.36. The third kappa shape index (κ3) is 2.49. The lowest BCUT2D eigenvalue weighted by Gasteiger charge is -2.09. The highest BCUT2D eigenvalue weighted by molar-refractivity contribution is 6.17. The molecule has 0 aromatic carbocycles. The molecule has 16 heavy (non-hydrogen) atoms. The Bertz CT molecular complexity index is 474. The molecule has 0 fully saturated rings. The number of rotatable bonds is 3. The van der Waals surface area contributed by atoms with E-state index in [9.17, 15) is 0 Å². The highest BCUT2D eigenvalue weighted by Crippen LogP contribution is 2.25. The first-order valence-electron chi connectivity index (χ1n) is 4.89. The molecule has 0 aliphatic rings. The number of halogens is 1. The number of hydrogen-bond donors (Lipinski definition) is 0. The van der Waals surface area contributed by atoms with Crippen molar-refractivity contribution in [2.75, 3.05) is 0 Å². The Morgan fingerprint density at radius 2 is 2.25 bits per heavy atom. The molecule has 0 bridgehead atoms. The summed E-state index contributed by atoms with van der Waals surface area (Å²) in [6, 6.07) is 5.54. The molecule has 82 valence electrons. The van der Waals surface area contributed by atoms with Crippen LogP contribution in [-0.2, 0) is 5.88 Å². The summed E-state index contributed by atoms with van der Waals surface area (Å²) >= 11 is 5.82. The molecule has 2 aromatic heterocycles. The number of alkyl halides is 1. The maximum absolute atomic E-state index is 5.82. The molecule has 2 aromatic rings. The summed E-state index contributed by atoms with van der Waals surface area (Å²) in [7, 11) is 0. The van der Waals surface area contributed by atoms with Crippen LogP contribution >= 0.6 is 11.6 Å². The molecule has 0 atom stereocenters. The molecule has 3 nitrogen and oxygen atoms in total. The third-order valence-electron chi connectivity index (χ3n) is 2.09. The molecule has 0 N–H and O–H groups in total. The van der Waals surface area contributed by atoms with E-state index in [2.05, 4.69) is 9.97 Å². The lowest BCUT2D eigenvalue weighted by atomic mass is 10.2. The van der Waals surface area contributed by atoms with E-state index in [4.69, 9.17) is 16.3 Å². The molecule has 0 unspecified atom stereocenters. The molecule has 0 amide bonds. The van der Waals surface area contributed by atoms with Gasteiger partial charge in [-0.05, 0) is 19.1 Å². The maximum atomic E-state index is 5.82. The Morgan fingerprint density at radius 3 is 2.94 bits per heavy atom. The van der Waals surface area contributed by atoms with E-state index in [0.717, 1.165) is 17.0 Å². The van der Waals surface area contributed by atoms with Gasteiger partial charge in [0.2, 0.25) is 0 Å². The van der Waals surface area contributed by atoms with Gasteiger partial charge in [0.15, 0.2) is 0 Å². The van der Waals surface area contributed by atoms with Crippen LogP contribution in [0.4, 0.5) is 0 Å². The van der Waals surface area contributed by atoms with E-state index in [1.165, 1.54) is 0 Å². The van der Waals surface area contributed by atoms with Gasteiger partial charge in [-0.3, -0.25) is 9.97 Å². The fourth-order valence-corrected chi connectivity index (χ4v) is 1.49. The van der Waals surface area contributed by atoms with Gasteiger partial charge < -0.3 is 4.74 Å². The minimum absolute atomic E-state index is 0.378. The predicted molar refractivity (Wildman–Crippen MR) is 62.8 cm³/mol. The largest absolute Gasteiger partial charge is 0.455 e. The van der Waals surface area contributed by atoms with Crippen molar-refractivity contribution in [2.24, 2.45) is 0 Å². The fourth-order valence-electron chi connectivity index (χ4n) is 1.29. The number of aryl methyl sites for hydroxylation is 1. The van der Waals surface area contributed by atoms with Crippen molar-refractivity contribution in [2.45, 2.75) is 12.8 Å². The van der Waals surface area contributed by atoms with Crippen LogP contribution in [0.25, 0.3) is 0 Å². The first-order chi connectivity index (χ1) is 7.79. The lowest BCUT2D eigenvalue weighted by molar-refractivity contribution is 0.474. The first kappa shape index (κ1) is 10.9. The Labute approximate surface area is 99.1 Å². The van der Waals surface area contributed by atoms with Crippen LogP contribution in [0.3, 0.4) is 0 Å². The summed E-state index contributed by atoms with van der Waals surface area (Å²) in [6.07, 6.45) is 5.09. The van der Waals surface area contributed by atoms with Gasteiger partial charge in [0.1, 0.15) is 11.5 Å². The van der Waals surface area contributed by atoms with Gasteiger partial charge in [-0.1, -0.05) is 0 Å². The first-order valence-corrected chi connectivity index (χ1v) is 5.42. The topological polar surface area (TPSA) is 35.0 Å². The van der Waals surface area contributed by atoms with Crippen molar-refractivity contribution in [3.05, 3.63) is 48.0 Å². The highest BCUT2D eigenvalue weighted by atomic mass is 35.5. The fraction of sp³-hybridized carbons (Fsp3) is 0.167. The smallest absolute Gasteiger partial charge is 0.145 e. The molecule has 2 heterocycles. The Balaban J connectivity index is 2.30. The molecule has 0 saturated carbocycles. The zero-order chi connectivity index (χ0) is 11.4. The molecule has 2 rings (SSSR count). The molecule has 0 aliphatic heterocycles. The molecular formula is C12H11ClN2O. The van der Waals surface area contributed by atoms with Crippen LogP contribution < -0.4 is 4.74 Å². The molecular weight excluding hydrogens is 224 g/mol. The van der Waals surface area contributed by atoms with E-state index in [1.54, 1.807) is 18.6 Å². The predicted octanol–water partition coefficient (Wildman–Crippen LogP) is 3.32. The second-order valence-corrected chi connectivity index (χ2v) is 3.63. The average molecular weight is 235 g/mol. The Morgan fingerprint density at radius 1 is 1.38 bits per heavy atom. The van der Waals surface area contributed by atoms with Crippen LogP contribution in [0.2, 0.25) is 0 Å². The van der Waals surface area contributed by atoms with E-state index in [1.807, 2.05) is 25.1 Å². The summed E-state index contributed by atoms with van der Waals surface area (Å²) < 4.78 is 5.69. The molecule has 0 saturated heterocycles. The van der Waals surface area contributed by atoms with Crippen LogP contribution in [0.15, 0.2) is 36.8 Å². The number of nitrogens with zero attached hydrogens (tertiary/aromatic N) is 2. The Kier molecular flexibility index (Phi) is 3.37. The van der Waals surface area contributed by atoms with Gasteiger partial charge in [0.25, 0.3) is 0 Å². The van der Waals surface area contributed by atoms with Crippen molar-refractivity contribution >= 4 is 11.6 Å². The van der Waals surface area contributed by atoms with E-state index in [0.29, 0.717) is 11.6 Å². The van der Waals surface area contributed by atoms with Gasteiger partial charge in [0.05, 0.1) is 12.1 Å². The van der Waals surface area contributed by atoms with Crippen molar-refractivity contribution in [1.82, 2.24) is 9.97 Å².